The first kappa shape index (κ1) is 20.4. The molecule has 1 saturated heterocycles. The van der Waals surface area contributed by atoms with Crippen molar-refractivity contribution in [2.45, 2.75) is 58.5 Å². The van der Waals surface area contributed by atoms with Crippen LogP contribution in [-0.2, 0) is 17.8 Å². The van der Waals surface area contributed by atoms with E-state index >= 15 is 0 Å². The van der Waals surface area contributed by atoms with Crippen molar-refractivity contribution in [3.8, 4) is 0 Å². The first-order valence-corrected chi connectivity index (χ1v) is 11.6. The Morgan fingerprint density at radius 3 is 2.59 bits per heavy atom. The lowest BCUT2D eigenvalue weighted by Gasteiger charge is -2.30. The van der Waals surface area contributed by atoms with Gasteiger partial charge < -0.3 is 9.88 Å². The van der Waals surface area contributed by atoms with Gasteiger partial charge in [0.25, 0.3) is 0 Å². The van der Waals surface area contributed by atoms with Gasteiger partial charge in [0, 0.05) is 40.3 Å². The number of amides is 1. The summed E-state index contributed by atoms with van der Waals surface area (Å²) >= 11 is 1.78. The third-order valence-electron chi connectivity index (χ3n) is 6.29. The number of nitrogens with zero attached hydrogens (tertiary/aromatic N) is 2. The topological polar surface area (TPSA) is 54.3 Å². The number of piperidine rings is 1. The second-order valence-corrected chi connectivity index (χ2v) is 9.55. The number of ketones is 1. The van der Waals surface area contributed by atoms with Gasteiger partial charge in [-0.05, 0) is 76.6 Å². The van der Waals surface area contributed by atoms with E-state index in [0.29, 0.717) is 12.6 Å². The average Bonchev–Trinajstić information content (AvgIpc) is 3.27. The van der Waals surface area contributed by atoms with E-state index in [-0.39, 0.29) is 17.6 Å². The summed E-state index contributed by atoms with van der Waals surface area (Å²) in [6, 6.07) is 6.72. The minimum Gasteiger partial charge on any atom is -0.353 e. The van der Waals surface area contributed by atoms with E-state index in [1.807, 2.05) is 6.07 Å². The number of thiophene rings is 1. The molecule has 1 aliphatic carbocycles. The molecule has 1 N–H and O–H groups in total. The van der Waals surface area contributed by atoms with Gasteiger partial charge in [0.2, 0.25) is 5.91 Å². The molecular weight excluding hydrogens is 382 g/mol. The Hall–Kier alpha value is -1.92. The maximum atomic E-state index is 13.0. The molecule has 1 amide bonds. The summed E-state index contributed by atoms with van der Waals surface area (Å²) in [6.07, 6.45) is 4.96. The van der Waals surface area contributed by atoms with Crippen molar-refractivity contribution >= 4 is 23.0 Å². The van der Waals surface area contributed by atoms with Gasteiger partial charge in [-0.25, -0.2) is 0 Å². The van der Waals surface area contributed by atoms with Gasteiger partial charge in [-0.3, -0.25) is 14.5 Å². The van der Waals surface area contributed by atoms with Gasteiger partial charge in [-0.15, -0.1) is 11.3 Å². The molecule has 3 heterocycles. The summed E-state index contributed by atoms with van der Waals surface area (Å²) in [5.74, 6) is 0.526. The number of carbonyl (C=O) groups excluding carboxylic acids is 2. The van der Waals surface area contributed by atoms with Gasteiger partial charge >= 0.3 is 0 Å². The Kier molecular flexibility index (Phi) is 6.20. The van der Waals surface area contributed by atoms with Crippen LogP contribution in [0.25, 0.3) is 0 Å². The highest BCUT2D eigenvalue weighted by molar-refractivity contribution is 7.09. The predicted octanol–water partition coefficient (Wildman–Crippen LogP) is 3.58. The van der Waals surface area contributed by atoms with Gasteiger partial charge in [-0.1, -0.05) is 6.07 Å². The number of hydrogen-bond donors (Lipinski definition) is 1. The number of rotatable bonds is 8. The summed E-state index contributed by atoms with van der Waals surface area (Å²) in [6.45, 7) is 7.15. The molecule has 0 spiro atoms. The zero-order valence-electron chi connectivity index (χ0n) is 17.4. The van der Waals surface area contributed by atoms with Gasteiger partial charge in [0.1, 0.15) is 0 Å². The summed E-state index contributed by atoms with van der Waals surface area (Å²) in [5, 5.41) is 5.23. The highest BCUT2D eigenvalue weighted by Crippen LogP contribution is 2.23. The molecule has 0 bridgehead atoms. The van der Waals surface area contributed by atoms with E-state index in [9.17, 15) is 9.59 Å². The number of hydrogen-bond acceptors (Lipinski definition) is 4. The molecule has 2 aromatic heterocycles. The SMILES string of the molecule is Cc1cc(C(=O)CN2CCC(C(=O)NC3CC3)CC2)c(C)n1CCc1cccs1. The van der Waals surface area contributed by atoms with E-state index in [1.54, 1.807) is 11.3 Å². The molecule has 2 aliphatic rings. The minimum absolute atomic E-state index is 0.115. The molecule has 0 atom stereocenters. The van der Waals surface area contributed by atoms with Gasteiger partial charge in [0.05, 0.1) is 6.54 Å². The van der Waals surface area contributed by atoms with Crippen molar-refractivity contribution in [3.05, 3.63) is 45.4 Å². The Bertz CT molecular complexity index is 859. The number of nitrogens with one attached hydrogen (secondary N) is 1. The molecular formula is C23H31N3O2S. The highest BCUT2D eigenvalue weighted by Gasteiger charge is 2.30. The first-order chi connectivity index (χ1) is 14.0. The van der Waals surface area contributed by atoms with E-state index < -0.39 is 0 Å². The molecule has 5 nitrogen and oxygen atoms in total. The molecule has 0 radical (unpaired) electrons. The molecule has 4 rings (SSSR count). The van der Waals surface area contributed by atoms with Crippen LogP contribution in [0, 0.1) is 19.8 Å². The third kappa shape index (κ3) is 4.98. The molecule has 2 fully saturated rings. The molecule has 29 heavy (non-hydrogen) atoms. The van der Waals surface area contributed by atoms with Gasteiger partial charge in [0.15, 0.2) is 5.78 Å². The Labute approximate surface area is 177 Å². The van der Waals surface area contributed by atoms with Crippen LogP contribution < -0.4 is 5.32 Å². The monoisotopic (exact) mass is 413 g/mol. The van der Waals surface area contributed by atoms with Crippen molar-refractivity contribution in [2.24, 2.45) is 5.92 Å². The smallest absolute Gasteiger partial charge is 0.223 e. The zero-order valence-corrected chi connectivity index (χ0v) is 18.3. The standard InChI is InChI=1S/C23H31N3O2S/c1-16-14-21(17(2)26(16)12-9-20-4-3-13-29-20)22(27)15-25-10-7-18(8-11-25)23(28)24-19-5-6-19/h3-4,13-14,18-19H,5-12,15H2,1-2H3,(H,24,28). The molecule has 0 aromatic carbocycles. The summed E-state index contributed by atoms with van der Waals surface area (Å²) in [4.78, 5) is 28.8. The lowest BCUT2D eigenvalue weighted by Crippen LogP contribution is -2.42. The lowest BCUT2D eigenvalue weighted by molar-refractivity contribution is -0.126. The Morgan fingerprint density at radius 1 is 1.17 bits per heavy atom. The van der Waals surface area contributed by atoms with Crippen LogP contribution in [0.5, 0.6) is 0 Å². The van der Waals surface area contributed by atoms with Gasteiger partial charge in [-0.2, -0.15) is 0 Å². The molecule has 0 unspecified atom stereocenters. The van der Waals surface area contributed by atoms with Crippen molar-refractivity contribution in [1.29, 1.82) is 0 Å². The minimum atomic E-state index is 0.115. The van der Waals surface area contributed by atoms with E-state index in [4.69, 9.17) is 0 Å². The van der Waals surface area contributed by atoms with E-state index in [2.05, 4.69) is 46.1 Å². The largest absolute Gasteiger partial charge is 0.353 e. The fraction of sp³-hybridized carbons (Fsp3) is 0.565. The maximum absolute atomic E-state index is 13.0. The van der Waals surface area contributed by atoms with Crippen LogP contribution in [0.15, 0.2) is 23.6 Å². The first-order valence-electron chi connectivity index (χ1n) is 10.8. The molecule has 1 saturated carbocycles. The van der Waals surface area contributed by atoms with Crippen LogP contribution in [0.1, 0.15) is 52.3 Å². The highest BCUT2D eigenvalue weighted by atomic mass is 32.1. The molecule has 156 valence electrons. The normalized spacial score (nSPS) is 18.1. The van der Waals surface area contributed by atoms with Crippen LogP contribution in [0.4, 0.5) is 0 Å². The second kappa shape index (κ2) is 8.84. The number of Topliss-reactive ketones (excluding diaryl/α,β-unsaturated/α-hetero) is 1. The Balaban J connectivity index is 1.30. The number of aryl methyl sites for hydroxylation is 2. The molecule has 6 heteroatoms. The van der Waals surface area contributed by atoms with Crippen molar-refractivity contribution in [2.75, 3.05) is 19.6 Å². The second-order valence-electron chi connectivity index (χ2n) is 8.52. The Morgan fingerprint density at radius 2 is 1.93 bits per heavy atom. The number of likely N-dealkylation sites (tertiary alicyclic amines) is 1. The van der Waals surface area contributed by atoms with Crippen molar-refractivity contribution in [1.82, 2.24) is 14.8 Å². The van der Waals surface area contributed by atoms with Crippen LogP contribution in [-0.4, -0.2) is 46.8 Å². The van der Waals surface area contributed by atoms with Crippen molar-refractivity contribution in [3.63, 3.8) is 0 Å². The fourth-order valence-corrected chi connectivity index (χ4v) is 4.99. The zero-order chi connectivity index (χ0) is 20.4. The van der Waals surface area contributed by atoms with E-state index in [1.165, 1.54) is 4.88 Å². The number of carbonyl (C=O) groups is 2. The quantitative estimate of drug-likeness (QED) is 0.673. The predicted molar refractivity (Wildman–Crippen MR) is 117 cm³/mol. The number of aromatic nitrogens is 1. The summed E-state index contributed by atoms with van der Waals surface area (Å²) < 4.78 is 2.27. The lowest BCUT2D eigenvalue weighted by atomic mass is 9.95. The summed E-state index contributed by atoms with van der Waals surface area (Å²) in [5.41, 5.74) is 3.07. The molecule has 1 aliphatic heterocycles. The van der Waals surface area contributed by atoms with Crippen LogP contribution in [0.3, 0.4) is 0 Å². The van der Waals surface area contributed by atoms with Crippen molar-refractivity contribution < 1.29 is 9.59 Å². The fourth-order valence-electron chi connectivity index (χ4n) is 4.29. The molecule has 2 aromatic rings. The van der Waals surface area contributed by atoms with E-state index in [0.717, 1.165) is 68.7 Å². The third-order valence-corrected chi connectivity index (χ3v) is 7.22. The maximum Gasteiger partial charge on any atom is 0.223 e. The average molecular weight is 414 g/mol. The summed E-state index contributed by atoms with van der Waals surface area (Å²) in [7, 11) is 0. The van der Waals surface area contributed by atoms with Crippen LogP contribution >= 0.6 is 11.3 Å². The van der Waals surface area contributed by atoms with Crippen LogP contribution in [0.2, 0.25) is 0 Å².